The van der Waals surface area contributed by atoms with Crippen LogP contribution in [0.5, 0.6) is 5.75 Å². The first kappa shape index (κ1) is 20.5. The Hall–Kier alpha value is -2.82. The van der Waals surface area contributed by atoms with Crippen molar-refractivity contribution in [2.24, 2.45) is 5.92 Å². The second-order valence-corrected chi connectivity index (χ2v) is 6.45. The van der Waals surface area contributed by atoms with E-state index in [1.165, 1.54) is 7.11 Å². The van der Waals surface area contributed by atoms with E-state index >= 15 is 0 Å². The van der Waals surface area contributed by atoms with E-state index < -0.39 is 6.10 Å². The highest BCUT2D eigenvalue weighted by Gasteiger charge is 2.25. The van der Waals surface area contributed by atoms with Gasteiger partial charge in [0.1, 0.15) is 5.75 Å². The molecule has 2 atom stereocenters. The van der Waals surface area contributed by atoms with Crippen molar-refractivity contribution in [1.82, 2.24) is 4.90 Å². The molecule has 0 aliphatic carbocycles. The highest BCUT2D eigenvalue weighted by molar-refractivity contribution is 5.82. The molecule has 2 unspecified atom stereocenters. The second kappa shape index (κ2) is 9.76. The van der Waals surface area contributed by atoms with Crippen molar-refractivity contribution >= 4 is 11.9 Å². The first-order valence-corrected chi connectivity index (χ1v) is 9.15. The third-order valence-corrected chi connectivity index (χ3v) is 4.41. The van der Waals surface area contributed by atoms with Crippen LogP contribution >= 0.6 is 0 Å². The van der Waals surface area contributed by atoms with Gasteiger partial charge in [0.15, 0.2) is 6.10 Å². The molecule has 27 heavy (non-hydrogen) atoms. The number of hydrogen-bond acceptors (Lipinski definition) is 4. The molecule has 144 valence electrons. The lowest BCUT2D eigenvalue weighted by molar-refractivity contribution is -0.147. The number of amides is 1. The van der Waals surface area contributed by atoms with Crippen LogP contribution in [0.1, 0.15) is 20.8 Å². The number of nitrogens with zero attached hydrogens (tertiary/aromatic N) is 1. The van der Waals surface area contributed by atoms with Crippen LogP contribution in [0.4, 0.5) is 0 Å². The second-order valence-electron chi connectivity index (χ2n) is 6.45. The molecule has 0 aromatic heterocycles. The van der Waals surface area contributed by atoms with Crippen LogP contribution in [0.3, 0.4) is 0 Å². The maximum atomic E-state index is 12.7. The molecule has 0 radical (unpaired) electrons. The lowest BCUT2D eigenvalue weighted by Crippen LogP contribution is -2.43. The van der Waals surface area contributed by atoms with E-state index in [0.29, 0.717) is 18.8 Å². The Balaban J connectivity index is 1.99. The summed E-state index contributed by atoms with van der Waals surface area (Å²) in [4.78, 5) is 25.9. The molecule has 0 saturated heterocycles. The number of benzene rings is 2. The molecule has 0 bridgehead atoms. The van der Waals surface area contributed by atoms with Gasteiger partial charge in [0.25, 0.3) is 5.91 Å². The van der Waals surface area contributed by atoms with Gasteiger partial charge in [0.2, 0.25) is 0 Å². The van der Waals surface area contributed by atoms with E-state index in [9.17, 15) is 9.59 Å². The fraction of sp³-hybridized carbons (Fsp3) is 0.364. The zero-order valence-corrected chi connectivity index (χ0v) is 16.3. The highest BCUT2D eigenvalue weighted by Crippen LogP contribution is 2.23. The lowest BCUT2D eigenvalue weighted by atomic mass is 10.1. The number of carbonyl (C=O) groups excluding carboxylic acids is 2. The molecule has 0 aliphatic heterocycles. The van der Waals surface area contributed by atoms with Gasteiger partial charge in [-0.1, -0.05) is 49.4 Å². The van der Waals surface area contributed by atoms with E-state index in [1.54, 1.807) is 18.7 Å². The molecule has 0 spiro atoms. The Kier molecular flexibility index (Phi) is 7.41. The van der Waals surface area contributed by atoms with E-state index in [4.69, 9.17) is 9.47 Å². The van der Waals surface area contributed by atoms with Crippen molar-refractivity contribution in [1.29, 1.82) is 0 Å². The Bertz CT molecular complexity index is 743. The molecule has 5 nitrogen and oxygen atoms in total. The van der Waals surface area contributed by atoms with Crippen LogP contribution in [0.2, 0.25) is 0 Å². The smallest absolute Gasteiger partial charge is 0.310 e. The van der Waals surface area contributed by atoms with Crippen molar-refractivity contribution in [2.75, 3.05) is 20.2 Å². The van der Waals surface area contributed by atoms with Gasteiger partial charge in [-0.25, -0.2) is 0 Å². The number of likely N-dealkylation sites (N-methyl/N-ethyl adjacent to an activating group) is 1. The maximum absolute atomic E-state index is 12.7. The monoisotopic (exact) mass is 369 g/mol. The molecule has 2 rings (SSSR count). The first-order valence-electron chi connectivity index (χ1n) is 9.15. The van der Waals surface area contributed by atoms with Gasteiger partial charge in [0, 0.05) is 13.1 Å². The zero-order chi connectivity index (χ0) is 19.8. The topological polar surface area (TPSA) is 55.8 Å². The molecule has 2 aromatic rings. The molecule has 5 heteroatoms. The number of rotatable bonds is 8. The van der Waals surface area contributed by atoms with Crippen molar-refractivity contribution in [3.63, 3.8) is 0 Å². The predicted molar refractivity (Wildman–Crippen MR) is 105 cm³/mol. The van der Waals surface area contributed by atoms with Crippen LogP contribution in [-0.2, 0) is 14.3 Å². The molecule has 0 saturated carbocycles. The van der Waals surface area contributed by atoms with E-state index in [1.807, 2.05) is 61.5 Å². The number of esters is 1. The Labute approximate surface area is 160 Å². The third-order valence-electron chi connectivity index (χ3n) is 4.41. The van der Waals surface area contributed by atoms with E-state index in [-0.39, 0.29) is 17.8 Å². The fourth-order valence-corrected chi connectivity index (χ4v) is 2.85. The van der Waals surface area contributed by atoms with Crippen molar-refractivity contribution in [3.05, 3.63) is 54.6 Å². The molecular weight excluding hydrogens is 342 g/mol. The predicted octanol–water partition coefficient (Wildman–Crippen LogP) is 3.78. The van der Waals surface area contributed by atoms with Crippen molar-refractivity contribution in [2.45, 2.75) is 26.9 Å². The van der Waals surface area contributed by atoms with Gasteiger partial charge >= 0.3 is 5.97 Å². The minimum atomic E-state index is -0.641. The van der Waals surface area contributed by atoms with Gasteiger partial charge < -0.3 is 14.4 Å². The summed E-state index contributed by atoms with van der Waals surface area (Å²) in [5, 5.41) is 0. The standard InChI is InChI=1S/C22H27NO4/c1-5-23(15-16(2)22(25)26-4)21(24)17(3)27-20-13-11-19(12-14-20)18-9-7-6-8-10-18/h6-14,16-17H,5,15H2,1-4H3. The summed E-state index contributed by atoms with van der Waals surface area (Å²) in [5.74, 6) is -0.226. The summed E-state index contributed by atoms with van der Waals surface area (Å²) in [6.07, 6.45) is -0.641. The van der Waals surface area contributed by atoms with Crippen LogP contribution < -0.4 is 4.74 Å². The Morgan fingerprint density at radius 1 is 0.963 bits per heavy atom. The summed E-state index contributed by atoms with van der Waals surface area (Å²) in [6, 6.07) is 17.7. The average Bonchev–Trinajstić information content (AvgIpc) is 2.71. The molecular formula is C22H27NO4. The van der Waals surface area contributed by atoms with Gasteiger partial charge in [0.05, 0.1) is 13.0 Å². The Morgan fingerprint density at radius 2 is 1.56 bits per heavy atom. The lowest BCUT2D eigenvalue weighted by Gasteiger charge is -2.26. The summed E-state index contributed by atoms with van der Waals surface area (Å²) >= 11 is 0. The van der Waals surface area contributed by atoms with Crippen LogP contribution in [0, 0.1) is 5.92 Å². The normalized spacial score (nSPS) is 12.7. The SMILES string of the molecule is CCN(CC(C)C(=O)OC)C(=O)C(C)Oc1ccc(-c2ccccc2)cc1. The fourth-order valence-electron chi connectivity index (χ4n) is 2.85. The number of carbonyl (C=O) groups is 2. The number of ether oxygens (including phenoxy) is 2. The molecule has 1 amide bonds. The van der Waals surface area contributed by atoms with E-state index in [2.05, 4.69) is 0 Å². The molecule has 2 aromatic carbocycles. The first-order chi connectivity index (χ1) is 13.0. The molecule has 0 heterocycles. The van der Waals surface area contributed by atoms with Crippen molar-refractivity contribution in [3.8, 4) is 16.9 Å². The van der Waals surface area contributed by atoms with Crippen LogP contribution in [-0.4, -0.2) is 43.1 Å². The van der Waals surface area contributed by atoms with Crippen LogP contribution in [0.25, 0.3) is 11.1 Å². The number of hydrogen-bond donors (Lipinski definition) is 0. The van der Waals surface area contributed by atoms with Gasteiger partial charge in [-0.15, -0.1) is 0 Å². The molecule has 0 fully saturated rings. The molecule has 0 N–H and O–H groups in total. The quantitative estimate of drug-likeness (QED) is 0.665. The van der Waals surface area contributed by atoms with Gasteiger partial charge in [-0.3, -0.25) is 9.59 Å². The van der Waals surface area contributed by atoms with Gasteiger partial charge in [-0.05, 0) is 37.1 Å². The summed E-state index contributed by atoms with van der Waals surface area (Å²) in [5.41, 5.74) is 2.21. The molecule has 0 aliphatic rings. The largest absolute Gasteiger partial charge is 0.481 e. The maximum Gasteiger partial charge on any atom is 0.310 e. The van der Waals surface area contributed by atoms with Gasteiger partial charge in [-0.2, -0.15) is 0 Å². The number of methoxy groups -OCH3 is 1. The van der Waals surface area contributed by atoms with E-state index in [0.717, 1.165) is 11.1 Å². The third kappa shape index (κ3) is 5.58. The van der Waals surface area contributed by atoms with Crippen LogP contribution in [0.15, 0.2) is 54.6 Å². The Morgan fingerprint density at radius 3 is 2.11 bits per heavy atom. The highest BCUT2D eigenvalue weighted by atomic mass is 16.5. The summed E-state index contributed by atoms with van der Waals surface area (Å²) in [7, 11) is 1.35. The minimum absolute atomic E-state index is 0.152. The minimum Gasteiger partial charge on any atom is -0.481 e. The summed E-state index contributed by atoms with van der Waals surface area (Å²) < 4.78 is 10.5. The summed E-state index contributed by atoms with van der Waals surface area (Å²) in [6.45, 7) is 6.15. The average molecular weight is 369 g/mol. The van der Waals surface area contributed by atoms with Crippen molar-refractivity contribution < 1.29 is 19.1 Å². The zero-order valence-electron chi connectivity index (χ0n) is 16.3.